The fourth-order valence-electron chi connectivity index (χ4n) is 4.80. The van der Waals surface area contributed by atoms with E-state index in [4.69, 9.17) is 10.1 Å². The molecule has 0 radical (unpaired) electrons. The number of hydrogen-bond donors (Lipinski definition) is 1. The van der Waals surface area contributed by atoms with Gasteiger partial charge in [0.05, 0.1) is 11.2 Å². The van der Waals surface area contributed by atoms with Crippen LogP contribution in [0.15, 0.2) is 30.5 Å². The first-order valence-electron chi connectivity index (χ1n) is 8.33. The van der Waals surface area contributed by atoms with E-state index in [1.807, 2.05) is 30.5 Å². The third-order valence-corrected chi connectivity index (χ3v) is 6.61. The van der Waals surface area contributed by atoms with Crippen molar-refractivity contribution in [3.8, 4) is 11.5 Å². The third kappa shape index (κ3) is 1.44. The SMILES string of the molecule is CC12CCC(c3c1n[nH]c3-c1ncc3ccccc3n1)C2(C)C. The van der Waals surface area contributed by atoms with E-state index in [2.05, 4.69) is 30.9 Å². The van der Waals surface area contributed by atoms with E-state index in [0.29, 0.717) is 5.92 Å². The van der Waals surface area contributed by atoms with Crippen molar-refractivity contribution in [2.75, 3.05) is 0 Å². The van der Waals surface area contributed by atoms with Crippen LogP contribution in [0.5, 0.6) is 0 Å². The van der Waals surface area contributed by atoms with Crippen molar-refractivity contribution in [2.45, 2.75) is 44.9 Å². The zero-order valence-corrected chi connectivity index (χ0v) is 13.7. The Balaban J connectivity index is 1.72. The Labute approximate surface area is 135 Å². The largest absolute Gasteiger partial charge is 0.274 e. The molecule has 1 aromatic carbocycles. The van der Waals surface area contributed by atoms with Crippen LogP contribution in [-0.2, 0) is 5.41 Å². The minimum Gasteiger partial charge on any atom is -0.274 e. The summed E-state index contributed by atoms with van der Waals surface area (Å²) >= 11 is 0. The zero-order chi connectivity index (χ0) is 15.8. The first-order chi connectivity index (χ1) is 11.0. The Morgan fingerprint density at radius 2 is 2.00 bits per heavy atom. The van der Waals surface area contributed by atoms with Gasteiger partial charge in [-0.2, -0.15) is 5.10 Å². The van der Waals surface area contributed by atoms with Crippen molar-refractivity contribution in [1.82, 2.24) is 20.2 Å². The van der Waals surface area contributed by atoms with Crippen molar-refractivity contribution < 1.29 is 0 Å². The van der Waals surface area contributed by atoms with Crippen LogP contribution in [0.3, 0.4) is 0 Å². The van der Waals surface area contributed by atoms with Crippen LogP contribution in [0.4, 0.5) is 0 Å². The first kappa shape index (κ1) is 13.2. The second-order valence-electron chi connectivity index (χ2n) is 7.76. The normalized spacial score (nSPS) is 27.5. The van der Waals surface area contributed by atoms with E-state index in [1.165, 1.54) is 24.1 Å². The van der Waals surface area contributed by atoms with Crippen LogP contribution in [0.2, 0.25) is 0 Å². The fraction of sp³-hybridized carbons (Fsp3) is 0.421. The van der Waals surface area contributed by atoms with Gasteiger partial charge in [-0.15, -0.1) is 0 Å². The molecule has 5 rings (SSSR count). The van der Waals surface area contributed by atoms with Crippen molar-refractivity contribution in [3.05, 3.63) is 41.7 Å². The molecule has 2 bridgehead atoms. The van der Waals surface area contributed by atoms with Crippen LogP contribution in [-0.4, -0.2) is 20.2 Å². The molecule has 2 aliphatic carbocycles. The van der Waals surface area contributed by atoms with Crippen molar-refractivity contribution in [3.63, 3.8) is 0 Å². The van der Waals surface area contributed by atoms with E-state index >= 15 is 0 Å². The van der Waals surface area contributed by atoms with Gasteiger partial charge in [-0.3, -0.25) is 5.10 Å². The average molecular weight is 304 g/mol. The number of rotatable bonds is 1. The lowest BCUT2D eigenvalue weighted by atomic mass is 9.70. The number of H-pyrrole nitrogens is 1. The smallest absolute Gasteiger partial charge is 0.178 e. The Morgan fingerprint density at radius 1 is 1.17 bits per heavy atom. The molecule has 3 aromatic rings. The van der Waals surface area contributed by atoms with Gasteiger partial charge in [0.2, 0.25) is 0 Å². The monoisotopic (exact) mass is 304 g/mol. The number of nitrogens with zero attached hydrogens (tertiary/aromatic N) is 3. The zero-order valence-electron chi connectivity index (χ0n) is 13.7. The fourth-order valence-corrected chi connectivity index (χ4v) is 4.80. The summed E-state index contributed by atoms with van der Waals surface area (Å²) < 4.78 is 0. The maximum Gasteiger partial charge on any atom is 0.178 e. The van der Waals surface area contributed by atoms with Crippen LogP contribution < -0.4 is 0 Å². The lowest BCUT2D eigenvalue weighted by Gasteiger charge is -2.34. The highest BCUT2D eigenvalue weighted by molar-refractivity contribution is 5.79. The highest BCUT2D eigenvalue weighted by Crippen LogP contribution is 2.68. The van der Waals surface area contributed by atoms with E-state index in [-0.39, 0.29) is 10.8 Å². The molecule has 0 spiro atoms. The summed E-state index contributed by atoms with van der Waals surface area (Å²) in [4.78, 5) is 9.37. The van der Waals surface area contributed by atoms with Gasteiger partial charge < -0.3 is 0 Å². The van der Waals surface area contributed by atoms with E-state index in [0.717, 1.165) is 22.4 Å². The molecule has 116 valence electrons. The number of aromatic nitrogens is 4. The van der Waals surface area contributed by atoms with Crippen LogP contribution >= 0.6 is 0 Å². The quantitative estimate of drug-likeness (QED) is 0.733. The van der Waals surface area contributed by atoms with E-state index in [9.17, 15) is 0 Å². The maximum absolute atomic E-state index is 4.77. The molecule has 0 aliphatic heterocycles. The van der Waals surface area contributed by atoms with Gasteiger partial charge in [-0.25, -0.2) is 9.97 Å². The molecule has 4 heteroatoms. The number of para-hydroxylation sites is 1. The minimum absolute atomic E-state index is 0.165. The van der Waals surface area contributed by atoms with Gasteiger partial charge in [-0.05, 0) is 30.2 Å². The molecular formula is C19H20N4. The molecule has 0 amide bonds. The van der Waals surface area contributed by atoms with E-state index in [1.54, 1.807) is 0 Å². The van der Waals surface area contributed by atoms with Gasteiger partial charge in [0.15, 0.2) is 5.82 Å². The van der Waals surface area contributed by atoms with Crippen LogP contribution in [0, 0.1) is 5.41 Å². The summed E-state index contributed by atoms with van der Waals surface area (Å²) in [6, 6.07) is 8.11. The minimum atomic E-state index is 0.165. The Bertz CT molecular complexity index is 939. The summed E-state index contributed by atoms with van der Waals surface area (Å²) in [5.74, 6) is 1.32. The van der Waals surface area contributed by atoms with Crippen molar-refractivity contribution >= 4 is 10.9 Å². The Hall–Kier alpha value is -2.23. The molecular weight excluding hydrogens is 284 g/mol. The number of fused-ring (bicyclic) bond motifs is 6. The predicted molar refractivity (Wildman–Crippen MR) is 90.2 cm³/mol. The standard InChI is InChI=1S/C19H20N4/c1-18(2)12-8-9-19(18,3)16-14(12)15(22-23-16)17-20-10-11-6-4-5-7-13(11)21-17/h4-7,10,12H,8-9H2,1-3H3,(H,22,23). The lowest BCUT2D eigenvalue weighted by Crippen LogP contribution is -2.32. The third-order valence-electron chi connectivity index (χ3n) is 6.61. The van der Waals surface area contributed by atoms with Crippen molar-refractivity contribution in [1.29, 1.82) is 0 Å². The molecule has 1 saturated carbocycles. The van der Waals surface area contributed by atoms with E-state index < -0.39 is 0 Å². The Kier molecular flexibility index (Phi) is 2.30. The summed E-state index contributed by atoms with van der Waals surface area (Å²) in [7, 11) is 0. The first-order valence-corrected chi connectivity index (χ1v) is 8.33. The molecule has 2 aromatic heterocycles. The number of nitrogens with one attached hydrogen (secondary N) is 1. The number of hydrogen-bond acceptors (Lipinski definition) is 3. The molecule has 0 saturated heterocycles. The summed E-state index contributed by atoms with van der Waals surface area (Å²) in [5, 5.41) is 9.01. The second-order valence-corrected chi connectivity index (χ2v) is 7.76. The van der Waals surface area contributed by atoms with Crippen LogP contribution in [0.1, 0.15) is 50.8 Å². The summed E-state index contributed by atoms with van der Waals surface area (Å²) in [5.41, 5.74) is 5.02. The predicted octanol–water partition coefficient (Wildman–Crippen LogP) is 4.19. The summed E-state index contributed by atoms with van der Waals surface area (Å²) in [6.07, 6.45) is 4.36. The number of benzene rings is 1. The molecule has 1 fully saturated rings. The molecule has 2 aliphatic rings. The second kappa shape index (κ2) is 3.99. The van der Waals surface area contributed by atoms with Gasteiger partial charge in [0.1, 0.15) is 5.69 Å². The lowest BCUT2D eigenvalue weighted by molar-refractivity contribution is 0.225. The van der Waals surface area contributed by atoms with Gasteiger partial charge in [0.25, 0.3) is 0 Å². The molecule has 2 atom stereocenters. The van der Waals surface area contributed by atoms with Crippen LogP contribution in [0.25, 0.3) is 22.4 Å². The highest BCUT2D eigenvalue weighted by atomic mass is 15.2. The number of aromatic amines is 1. The molecule has 23 heavy (non-hydrogen) atoms. The highest BCUT2D eigenvalue weighted by Gasteiger charge is 2.62. The molecule has 2 heterocycles. The van der Waals surface area contributed by atoms with Crippen molar-refractivity contribution in [2.24, 2.45) is 5.41 Å². The van der Waals surface area contributed by atoms with Gasteiger partial charge in [0, 0.05) is 22.6 Å². The molecule has 2 unspecified atom stereocenters. The molecule has 4 nitrogen and oxygen atoms in total. The van der Waals surface area contributed by atoms with Gasteiger partial charge >= 0.3 is 0 Å². The summed E-state index contributed by atoms with van der Waals surface area (Å²) in [6.45, 7) is 7.14. The maximum atomic E-state index is 4.77. The Morgan fingerprint density at radius 3 is 2.87 bits per heavy atom. The van der Waals surface area contributed by atoms with Gasteiger partial charge in [-0.1, -0.05) is 39.0 Å². The average Bonchev–Trinajstić information content (AvgIpc) is 3.13. The molecule has 1 N–H and O–H groups in total. The topological polar surface area (TPSA) is 54.5 Å².